The van der Waals surface area contributed by atoms with Crippen LogP contribution in [0, 0.1) is 0 Å². The Morgan fingerprint density at radius 2 is 1.13 bits per heavy atom. The molecule has 1 aliphatic carbocycles. The molecule has 0 aromatic heterocycles. The van der Waals surface area contributed by atoms with Crippen molar-refractivity contribution in [3.8, 4) is 11.1 Å². The summed E-state index contributed by atoms with van der Waals surface area (Å²) in [5.41, 5.74) is 3.25. The number of carbonyl (C=O) groups excluding carboxylic acids is 3. The highest BCUT2D eigenvalue weighted by atomic mass is 16.6. The van der Waals surface area contributed by atoms with Crippen molar-refractivity contribution in [1.82, 2.24) is 20.0 Å². The third-order valence-electron chi connectivity index (χ3n) is 9.72. The third kappa shape index (κ3) is 13.5. The zero-order valence-corrected chi connectivity index (χ0v) is 33.2. The average Bonchev–Trinajstić information content (AvgIpc) is 3.46. The van der Waals surface area contributed by atoms with E-state index < -0.39 is 29.3 Å². The van der Waals surface area contributed by atoms with Crippen molar-refractivity contribution in [3.05, 3.63) is 59.7 Å². The van der Waals surface area contributed by atoms with Crippen LogP contribution in [0.4, 0.5) is 14.4 Å². The second-order valence-electron chi connectivity index (χ2n) is 16.4. The maximum Gasteiger partial charge on any atom is 0.410 e. The summed E-state index contributed by atoms with van der Waals surface area (Å²) in [7, 11) is 0. The second-order valence-corrected chi connectivity index (χ2v) is 16.4. The number of alkyl carbamates (subject to hydrolysis) is 1. The predicted molar refractivity (Wildman–Crippen MR) is 209 cm³/mol. The largest absolute Gasteiger partial charge is 0.480 e. The fraction of sp³-hybridized carbons (Fsp3) is 0.619. The Morgan fingerprint density at radius 1 is 0.685 bits per heavy atom. The van der Waals surface area contributed by atoms with Gasteiger partial charge in [-0.1, -0.05) is 87.1 Å². The summed E-state index contributed by atoms with van der Waals surface area (Å²) in [6, 6.07) is 15.2. The van der Waals surface area contributed by atoms with Gasteiger partial charge in [0.2, 0.25) is 0 Å². The van der Waals surface area contributed by atoms with Gasteiger partial charge in [-0.15, -0.1) is 0 Å². The number of benzene rings is 2. The topological polar surface area (TPSA) is 138 Å². The normalized spacial score (nSPS) is 16.0. The molecule has 0 bridgehead atoms. The van der Waals surface area contributed by atoms with Gasteiger partial charge in [0.05, 0.1) is 0 Å². The molecule has 3 amide bonds. The molecule has 12 nitrogen and oxygen atoms in total. The number of unbranched alkanes of at least 4 members (excludes halogenated alkanes) is 6. The Labute approximate surface area is 321 Å². The summed E-state index contributed by atoms with van der Waals surface area (Å²) < 4.78 is 16.9. The first-order chi connectivity index (χ1) is 25.6. The maximum absolute atomic E-state index is 13.0. The summed E-state index contributed by atoms with van der Waals surface area (Å²) in [4.78, 5) is 56.2. The molecule has 2 aromatic rings. The van der Waals surface area contributed by atoms with E-state index in [4.69, 9.17) is 14.2 Å². The Kier molecular flexibility index (Phi) is 15.6. The number of amides is 3. The molecule has 4 rings (SSSR count). The van der Waals surface area contributed by atoms with Gasteiger partial charge in [0.15, 0.2) is 0 Å². The highest BCUT2D eigenvalue weighted by Crippen LogP contribution is 2.44. The molecule has 1 saturated heterocycles. The van der Waals surface area contributed by atoms with Crippen LogP contribution in [0.3, 0.4) is 0 Å². The van der Waals surface area contributed by atoms with E-state index in [0.29, 0.717) is 52.1 Å². The summed E-state index contributed by atoms with van der Waals surface area (Å²) in [5, 5.41) is 12.3. The number of nitrogens with zero attached hydrogens (tertiary/aromatic N) is 3. The molecule has 0 radical (unpaired) electrons. The van der Waals surface area contributed by atoms with Gasteiger partial charge < -0.3 is 34.4 Å². The van der Waals surface area contributed by atoms with Gasteiger partial charge in [-0.2, -0.15) is 0 Å². The highest BCUT2D eigenvalue weighted by Gasteiger charge is 2.31. The zero-order valence-electron chi connectivity index (χ0n) is 33.2. The van der Waals surface area contributed by atoms with Crippen LogP contribution in [0.15, 0.2) is 48.5 Å². The molecule has 0 saturated carbocycles. The number of carboxylic acids is 1. The van der Waals surface area contributed by atoms with E-state index in [2.05, 4.69) is 22.3 Å². The summed E-state index contributed by atoms with van der Waals surface area (Å²) >= 11 is 0. The first-order valence-electron chi connectivity index (χ1n) is 19.6. The molecule has 1 aliphatic heterocycles. The van der Waals surface area contributed by atoms with Gasteiger partial charge in [0, 0.05) is 45.2 Å². The number of nitrogens with one attached hydrogen (secondary N) is 1. The number of hydrogen-bond acceptors (Lipinski definition) is 8. The lowest BCUT2D eigenvalue weighted by Crippen LogP contribution is -2.44. The van der Waals surface area contributed by atoms with Crippen molar-refractivity contribution in [2.45, 2.75) is 116 Å². The molecule has 2 aromatic carbocycles. The SMILES string of the molecule is CC(C)(C)OC(=O)N1CCN(CCCCCCCCC[C@H](NC(=O)OCC2c3ccccc3-c3ccccc32)C(=O)O)CCN(C(=O)OC(C)(C)C)CC1. The van der Waals surface area contributed by atoms with E-state index in [9.17, 15) is 24.3 Å². The Hall–Kier alpha value is -4.32. The molecule has 2 aliphatic rings. The van der Waals surface area contributed by atoms with Gasteiger partial charge in [-0.3, -0.25) is 4.90 Å². The van der Waals surface area contributed by atoms with Crippen molar-refractivity contribution in [2.24, 2.45) is 0 Å². The zero-order chi connectivity index (χ0) is 39.3. The third-order valence-corrected chi connectivity index (χ3v) is 9.72. The van der Waals surface area contributed by atoms with E-state index in [1.54, 1.807) is 9.80 Å². The van der Waals surface area contributed by atoms with Gasteiger partial charge >= 0.3 is 24.2 Å². The summed E-state index contributed by atoms with van der Waals surface area (Å²) in [6.45, 7) is 15.2. The Bertz CT molecular complexity index is 1470. The van der Waals surface area contributed by atoms with Crippen LogP contribution in [-0.4, -0.2) is 114 Å². The number of hydrogen-bond donors (Lipinski definition) is 2. The molecule has 0 spiro atoms. The summed E-state index contributed by atoms with van der Waals surface area (Å²) in [6.07, 6.45) is 5.56. The minimum Gasteiger partial charge on any atom is -0.480 e. The fourth-order valence-electron chi connectivity index (χ4n) is 6.95. The van der Waals surface area contributed by atoms with Crippen molar-refractivity contribution < 1.29 is 38.5 Å². The number of aliphatic carboxylic acids is 1. The maximum atomic E-state index is 13.0. The lowest BCUT2D eigenvalue weighted by molar-refractivity contribution is -0.139. The smallest absolute Gasteiger partial charge is 0.410 e. The van der Waals surface area contributed by atoms with Crippen molar-refractivity contribution >= 4 is 24.2 Å². The lowest BCUT2D eigenvalue weighted by Gasteiger charge is -2.30. The van der Waals surface area contributed by atoms with Gasteiger partial charge in [-0.05, 0) is 83.2 Å². The van der Waals surface area contributed by atoms with Crippen LogP contribution in [0.2, 0.25) is 0 Å². The fourth-order valence-corrected chi connectivity index (χ4v) is 6.95. The molecule has 54 heavy (non-hydrogen) atoms. The van der Waals surface area contributed by atoms with Crippen LogP contribution in [0.1, 0.15) is 110 Å². The van der Waals surface area contributed by atoms with Crippen molar-refractivity contribution in [1.29, 1.82) is 0 Å². The minimum absolute atomic E-state index is 0.0890. The van der Waals surface area contributed by atoms with Crippen LogP contribution in [-0.2, 0) is 19.0 Å². The number of carbonyl (C=O) groups is 4. The van der Waals surface area contributed by atoms with Crippen LogP contribution >= 0.6 is 0 Å². The molecule has 12 heteroatoms. The van der Waals surface area contributed by atoms with E-state index in [1.807, 2.05) is 77.9 Å². The first kappa shape index (κ1) is 42.4. The molecular formula is C42H62N4O8. The number of carboxylic acid groups (broad SMARTS) is 1. The lowest BCUT2D eigenvalue weighted by atomic mass is 9.98. The standard InChI is InChI=1S/C42H62N4O8/c1-41(2,3)53-39(50)45-26-24-44(25-27-46(29-28-45)40(51)54-42(4,5)6)23-17-11-9-7-8-10-12-22-36(37(47)48)43-38(49)52-30-35-33-20-15-13-18-31(33)32-19-14-16-21-34(32)35/h13-16,18-21,35-36H,7-12,17,22-30H2,1-6H3,(H,43,49)(H,47,48)/t36-/m0/s1. The highest BCUT2D eigenvalue weighted by molar-refractivity contribution is 5.81. The molecule has 1 heterocycles. The monoisotopic (exact) mass is 750 g/mol. The van der Waals surface area contributed by atoms with E-state index in [-0.39, 0.29) is 24.7 Å². The van der Waals surface area contributed by atoms with Gasteiger partial charge in [-0.25, -0.2) is 19.2 Å². The molecule has 298 valence electrons. The van der Waals surface area contributed by atoms with Crippen LogP contribution in [0.5, 0.6) is 0 Å². The number of fused-ring (bicyclic) bond motifs is 3. The molecule has 1 atom stereocenters. The molecular weight excluding hydrogens is 688 g/mol. The number of ether oxygens (including phenoxy) is 3. The minimum atomic E-state index is -1.06. The molecule has 1 fully saturated rings. The molecule has 2 N–H and O–H groups in total. The van der Waals surface area contributed by atoms with Crippen LogP contribution in [0.25, 0.3) is 11.1 Å². The van der Waals surface area contributed by atoms with E-state index in [1.165, 1.54) is 0 Å². The first-order valence-corrected chi connectivity index (χ1v) is 19.6. The predicted octanol–water partition coefficient (Wildman–Crippen LogP) is 7.89. The second kappa shape index (κ2) is 19.8. The van der Waals surface area contributed by atoms with Crippen molar-refractivity contribution in [2.75, 3.05) is 52.4 Å². The Morgan fingerprint density at radius 3 is 1.61 bits per heavy atom. The average molecular weight is 751 g/mol. The summed E-state index contributed by atoms with van der Waals surface area (Å²) in [5.74, 6) is -1.15. The number of rotatable bonds is 14. The van der Waals surface area contributed by atoms with Crippen LogP contribution < -0.4 is 5.32 Å². The Balaban J connectivity index is 1.14. The van der Waals surface area contributed by atoms with Crippen molar-refractivity contribution in [3.63, 3.8) is 0 Å². The van der Waals surface area contributed by atoms with E-state index >= 15 is 0 Å². The van der Waals surface area contributed by atoms with Gasteiger partial charge in [0.1, 0.15) is 23.9 Å². The quantitative estimate of drug-likeness (QED) is 0.146. The molecule has 0 unspecified atom stereocenters. The van der Waals surface area contributed by atoms with Gasteiger partial charge in [0.25, 0.3) is 0 Å². The van der Waals surface area contributed by atoms with E-state index in [0.717, 1.165) is 67.3 Å².